The molecule has 29 heavy (non-hydrogen) atoms. The van der Waals surface area contributed by atoms with E-state index in [-0.39, 0.29) is 0 Å². The van der Waals surface area contributed by atoms with Crippen molar-refractivity contribution in [1.82, 2.24) is 0 Å². The van der Waals surface area contributed by atoms with Crippen molar-refractivity contribution in [2.24, 2.45) is 0 Å². The fourth-order valence-electron chi connectivity index (χ4n) is 4.70. The van der Waals surface area contributed by atoms with E-state index in [1.54, 1.807) is 0 Å². The second-order valence-electron chi connectivity index (χ2n) is 8.12. The van der Waals surface area contributed by atoms with E-state index in [4.69, 9.17) is 0 Å². The summed E-state index contributed by atoms with van der Waals surface area (Å²) in [5.74, 6) is 0. The molecule has 0 saturated carbocycles. The third-order valence-corrected chi connectivity index (χ3v) is 5.98. The lowest BCUT2D eigenvalue weighted by Crippen LogP contribution is -2.43. The van der Waals surface area contributed by atoms with Crippen LogP contribution in [0.4, 0.5) is 0 Å². The van der Waals surface area contributed by atoms with E-state index in [1.807, 2.05) is 0 Å². The quantitative estimate of drug-likeness (QED) is 0.352. The minimum absolute atomic E-state index is 0.370. The number of aryl methyl sites for hydroxylation is 1. The van der Waals surface area contributed by atoms with Crippen LogP contribution in [0.3, 0.4) is 0 Å². The number of pyridine rings is 1. The summed E-state index contributed by atoms with van der Waals surface area (Å²) in [7, 11) is 0. The van der Waals surface area contributed by atoms with Crippen molar-refractivity contribution in [1.29, 1.82) is 0 Å². The Bertz CT molecular complexity index is 1160. The van der Waals surface area contributed by atoms with E-state index in [2.05, 4.69) is 109 Å². The molecule has 0 N–H and O–H groups in total. The van der Waals surface area contributed by atoms with E-state index in [1.165, 1.54) is 44.8 Å². The van der Waals surface area contributed by atoms with Gasteiger partial charge in [-0.25, -0.2) is 0 Å². The van der Waals surface area contributed by atoms with Crippen molar-refractivity contribution < 1.29 is 4.57 Å². The predicted molar refractivity (Wildman–Crippen MR) is 121 cm³/mol. The van der Waals surface area contributed by atoms with Crippen molar-refractivity contribution in [3.63, 3.8) is 0 Å². The topological polar surface area (TPSA) is 3.88 Å². The van der Waals surface area contributed by atoms with Crippen molar-refractivity contribution in [2.45, 2.75) is 32.7 Å². The van der Waals surface area contributed by atoms with E-state index in [0.717, 1.165) is 12.8 Å². The molecular formula is C28H26N+. The van der Waals surface area contributed by atoms with Crippen LogP contribution in [0.25, 0.3) is 33.6 Å². The molecule has 0 radical (unpaired) electrons. The molecule has 4 aromatic rings. The lowest BCUT2D eigenvalue weighted by atomic mass is 9.83. The molecule has 1 aliphatic carbocycles. The van der Waals surface area contributed by atoms with E-state index in [0.29, 0.717) is 6.04 Å². The van der Waals surface area contributed by atoms with Gasteiger partial charge in [0.15, 0.2) is 6.04 Å². The van der Waals surface area contributed by atoms with Crippen LogP contribution in [0, 0.1) is 0 Å². The first-order valence-corrected chi connectivity index (χ1v) is 10.5. The lowest BCUT2D eigenvalue weighted by Gasteiger charge is -2.24. The number of hydrogen-bond donors (Lipinski definition) is 0. The molecule has 1 heteroatoms. The van der Waals surface area contributed by atoms with E-state index in [9.17, 15) is 0 Å². The van der Waals surface area contributed by atoms with Crippen molar-refractivity contribution >= 4 is 0 Å². The Morgan fingerprint density at radius 2 is 1.28 bits per heavy atom. The Balaban J connectivity index is 1.91. The minimum Gasteiger partial charge on any atom is -0.189 e. The summed E-state index contributed by atoms with van der Waals surface area (Å²) < 4.78 is 2.55. The summed E-state index contributed by atoms with van der Waals surface area (Å²) in [5.41, 5.74) is 10.9. The standard InChI is InChI=1S/C28H26N/c1-20(2)29-27(23-14-7-4-8-15-23)19-26(21-11-5-3-6-12-21)25-18-17-22-13-9-10-16-24(22)28(25)29/h3-16,19-20H,17-18H2,1-2H3/q+1. The molecule has 1 nitrogen and oxygen atoms in total. The van der Waals surface area contributed by atoms with Gasteiger partial charge in [0.2, 0.25) is 11.4 Å². The summed E-state index contributed by atoms with van der Waals surface area (Å²) in [6.45, 7) is 4.60. The fraction of sp³-hybridized carbons (Fsp3) is 0.179. The molecule has 0 saturated heterocycles. The third-order valence-electron chi connectivity index (χ3n) is 5.98. The van der Waals surface area contributed by atoms with Crippen LogP contribution in [0.1, 0.15) is 31.0 Å². The number of benzene rings is 3. The van der Waals surface area contributed by atoms with Gasteiger partial charge in [-0.1, -0.05) is 66.7 Å². The minimum atomic E-state index is 0.370. The van der Waals surface area contributed by atoms with Gasteiger partial charge in [0.1, 0.15) is 0 Å². The van der Waals surface area contributed by atoms with Crippen molar-refractivity contribution in [3.8, 4) is 33.6 Å². The van der Waals surface area contributed by atoms with Gasteiger partial charge in [0.25, 0.3) is 0 Å². The van der Waals surface area contributed by atoms with E-state index < -0.39 is 0 Å². The highest BCUT2D eigenvalue weighted by atomic mass is 15.0. The van der Waals surface area contributed by atoms with Gasteiger partial charge in [0, 0.05) is 22.8 Å². The first kappa shape index (κ1) is 17.9. The Morgan fingerprint density at radius 3 is 1.97 bits per heavy atom. The SMILES string of the molecule is CC(C)[n+]1c(-c2ccccc2)cc(-c2ccccc2)c2c1-c1ccccc1CC2. The first-order valence-electron chi connectivity index (χ1n) is 10.5. The highest BCUT2D eigenvalue weighted by Gasteiger charge is 2.33. The second kappa shape index (κ2) is 7.33. The Morgan fingerprint density at radius 1 is 0.655 bits per heavy atom. The molecule has 142 valence electrons. The van der Waals surface area contributed by atoms with Crippen molar-refractivity contribution in [3.05, 3.63) is 102 Å². The highest BCUT2D eigenvalue weighted by Crippen LogP contribution is 2.39. The maximum absolute atomic E-state index is 2.55. The molecule has 5 rings (SSSR count). The van der Waals surface area contributed by atoms with Gasteiger partial charge in [-0.2, -0.15) is 4.57 Å². The molecule has 1 aromatic heterocycles. The number of aromatic nitrogens is 1. The Labute approximate surface area is 173 Å². The number of fused-ring (bicyclic) bond motifs is 3. The first-order chi connectivity index (χ1) is 14.2. The van der Waals surface area contributed by atoms with Gasteiger partial charge in [-0.3, -0.25) is 0 Å². The molecule has 0 atom stereocenters. The highest BCUT2D eigenvalue weighted by molar-refractivity contribution is 5.80. The van der Waals surface area contributed by atoms with Crippen LogP contribution in [0.15, 0.2) is 91.0 Å². The number of hydrogen-bond acceptors (Lipinski definition) is 0. The fourth-order valence-corrected chi connectivity index (χ4v) is 4.70. The Kier molecular flexibility index (Phi) is 4.52. The average molecular weight is 377 g/mol. The van der Waals surface area contributed by atoms with Gasteiger partial charge in [0.05, 0.1) is 0 Å². The lowest BCUT2D eigenvalue weighted by molar-refractivity contribution is -0.695. The van der Waals surface area contributed by atoms with Crippen LogP contribution in [-0.2, 0) is 12.8 Å². The third kappa shape index (κ3) is 3.07. The molecule has 0 unspecified atom stereocenters. The maximum Gasteiger partial charge on any atom is 0.217 e. The monoisotopic (exact) mass is 376 g/mol. The number of rotatable bonds is 3. The maximum atomic E-state index is 2.55. The summed E-state index contributed by atoms with van der Waals surface area (Å²) in [4.78, 5) is 0. The normalized spacial score (nSPS) is 12.5. The zero-order chi connectivity index (χ0) is 19.8. The number of nitrogens with zero attached hydrogens (tertiary/aromatic N) is 1. The zero-order valence-corrected chi connectivity index (χ0v) is 17.1. The molecule has 1 aliphatic rings. The molecule has 0 fully saturated rings. The summed E-state index contributed by atoms with van der Waals surface area (Å²) >= 11 is 0. The molecule has 0 amide bonds. The summed E-state index contributed by atoms with van der Waals surface area (Å²) in [6.07, 6.45) is 2.18. The summed E-state index contributed by atoms with van der Waals surface area (Å²) in [5, 5.41) is 0. The van der Waals surface area contributed by atoms with Crippen LogP contribution in [0.2, 0.25) is 0 Å². The smallest absolute Gasteiger partial charge is 0.189 e. The largest absolute Gasteiger partial charge is 0.217 e. The van der Waals surface area contributed by atoms with Gasteiger partial charge < -0.3 is 0 Å². The van der Waals surface area contributed by atoms with Crippen LogP contribution in [0.5, 0.6) is 0 Å². The van der Waals surface area contributed by atoms with Gasteiger partial charge in [-0.05, 0) is 61.6 Å². The van der Waals surface area contributed by atoms with Crippen molar-refractivity contribution in [2.75, 3.05) is 0 Å². The van der Waals surface area contributed by atoms with Gasteiger partial charge >= 0.3 is 0 Å². The second-order valence-corrected chi connectivity index (χ2v) is 8.12. The molecule has 1 heterocycles. The van der Waals surface area contributed by atoms with Crippen LogP contribution < -0.4 is 4.57 Å². The molecular weight excluding hydrogens is 350 g/mol. The molecule has 3 aromatic carbocycles. The predicted octanol–water partition coefficient (Wildman–Crippen LogP) is 6.65. The average Bonchev–Trinajstić information content (AvgIpc) is 2.78. The Hall–Kier alpha value is -3.19. The van der Waals surface area contributed by atoms with E-state index >= 15 is 0 Å². The zero-order valence-electron chi connectivity index (χ0n) is 17.1. The van der Waals surface area contributed by atoms with Crippen LogP contribution >= 0.6 is 0 Å². The molecule has 0 aliphatic heterocycles. The van der Waals surface area contributed by atoms with Gasteiger partial charge in [-0.15, -0.1) is 0 Å². The molecule has 0 spiro atoms. The molecule has 0 bridgehead atoms. The summed E-state index contributed by atoms with van der Waals surface area (Å²) in [6, 6.07) is 33.4. The van der Waals surface area contributed by atoms with Crippen LogP contribution in [-0.4, -0.2) is 0 Å².